The fraction of sp³-hybridized carbons (Fsp3) is 0.235. The van der Waals surface area contributed by atoms with Crippen LogP contribution in [0.2, 0.25) is 0 Å². The third-order valence-electron chi connectivity index (χ3n) is 3.46. The molecule has 25 heavy (non-hydrogen) atoms. The molecule has 0 unspecified atom stereocenters. The first-order valence-corrected chi connectivity index (χ1v) is 7.92. The molecule has 3 aromatic rings. The number of pyridine rings is 1. The van der Waals surface area contributed by atoms with Gasteiger partial charge >= 0.3 is 6.03 Å². The highest BCUT2D eigenvalue weighted by molar-refractivity contribution is 5.89. The molecule has 0 spiro atoms. The molecule has 0 aliphatic rings. The van der Waals surface area contributed by atoms with Gasteiger partial charge in [0.25, 0.3) is 0 Å². The standard InChI is InChI=1S/C17H19N7O/c1-4-8-18-17(25)22-15-6-5-13-16(21-15)20-14(10-19-13)12-7-9-24(23-12)11(2)3/h4-7,9-11H,1,8H2,2-3H3,(H2,18,20,21,22,25). The van der Waals surface area contributed by atoms with E-state index >= 15 is 0 Å². The fourth-order valence-corrected chi connectivity index (χ4v) is 2.18. The normalized spacial score (nSPS) is 10.8. The summed E-state index contributed by atoms with van der Waals surface area (Å²) >= 11 is 0. The lowest BCUT2D eigenvalue weighted by Gasteiger charge is -2.06. The fourth-order valence-electron chi connectivity index (χ4n) is 2.18. The van der Waals surface area contributed by atoms with E-state index in [-0.39, 0.29) is 12.1 Å². The molecular formula is C17H19N7O. The Morgan fingerprint density at radius 1 is 1.28 bits per heavy atom. The molecule has 128 valence electrons. The number of rotatable bonds is 5. The molecule has 3 aromatic heterocycles. The van der Waals surface area contributed by atoms with Gasteiger partial charge in [-0.25, -0.2) is 14.8 Å². The van der Waals surface area contributed by atoms with Crippen molar-refractivity contribution in [3.63, 3.8) is 0 Å². The summed E-state index contributed by atoms with van der Waals surface area (Å²) < 4.78 is 1.86. The van der Waals surface area contributed by atoms with Crippen LogP contribution in [0.15, 0.2) is 43.2 Å². The van der Waals surface area contributed by atoms with Gasteiger partial charge in [-0.1, -0.05) is 6.08 Å². The third kappa shape index (κ3) is 3.79. The molecule has 2 amide bonds. The molecule has 0 saturated carbocycles. The van der Waals surface area contributed by atoms with Crippen LogP contribution in [0, 0.1) is 0 Å². The van der Waals surface area contributed by atoms with E-state index in [0.29, 0.717) is 29.2 Å². The zero-order valence-corrected chi connectivity index (χ0v) is 14.1. The number of nitrogens with zero attached hydrogens (tertiary/aromatic N) is 5. The third-order valence-corrected chi connectivity index (χ3v) is 3.46. The maximum absolute atomic E-state index is 11.7. The smallest absolute Gasteiger partial charge is 0.320 e. The number of anilines is 1. The molecule has 3 rings (SSSR count). The zero-order chi connectivity index (χ0) is 17.8. The second-order valence-electron chi connectivity index (χ2n) is 5.69. The van der Waals surface area contributed by atoms with Gasteiger partial charge in [0, 0.05) is 18.8 Å². The molecule has 8 heteroatoms. The summed E-state index contributed by atoms with van der Waals surface area (Å²) in [5.41, 5.74) is 2.45. The average molecular weight is 337 g/mol. The molecule has 0 atom stereocenters. The molecule has 0 aliphatic carbocycles. The van der Waals surface area contributed by atoms with Crippen LogP contribution in [0.3, 0.4) is 0 Å². The van der Waals surface area contributed by atoms with Crippen LogP contribution >= 0.6 is 0 Å². The number of amides is 2. The Kier molecular flexibility index (Phi) is 4.69. The van der Waals surface area contributed by atoms with E-state index in [0.717, 1.165) is 5.69 Å². The van der Waals surface area contributed by atoms with Crippen molar-refractivity contribution < 1.29 is 4.79 Å². The van der Waals surface area contributed by atoms with E-state index in [4.69, 9.17) is 0 Å². The first-order chi connectivity index (χ1) is 12.1. The number of carbonyl (C=O) groups excluding carboxylic acids is 1. The average Bonchev–Trinajstić information content (AvgIpc) is 3.10. The van der Waals surface area contributed by atoms with E-state index in [1.165, 1.54) is 0 Å². The van der Waals surface area contributed by atoms with E-state index in [2.05, 4.69) is 51.1 Å². The van der Waals surface area contributed by atoms with Gasteiger partial charge in [-0.15, -0.1) is 6.58 Å². The summed E-state index contributed by atoms with van der Waals surface area (Å²) in [4.78, 5) is 24.9. The summed E-state index contributed by atoms with van der Waals surface area (Å²) in [6.45, 7) is 8.04. The van der Waals surface area contributed by atoms with Gasteiger partial charge in [-0.05, 0) is 32.0 Å². The Morgan fingerprint density at radius 3 is 2.84 bits per heavy atom. The first kappa shape index (κ1) is 16.6. The van der Waals surface area contributed by atoms with Crippen LogP contribution in [0.4, 0.5) is 10.6 Å². The van der Waals surface area contributed by atoms with Crippen molar-refractivity contribution in [1.29, 1.82) is 0 Å². The topological polar surface area (TPSA) is 97.6 Å². The highest BCUT2D eigenvalue weighted by Gasteiger charge is 2.09. The molecule has 3 heterocycles. The minimum absolute atomic E-state index is 0.269. The molecule has 0 radical (unpaired) electrons. The molecule has 0 saturated heterocycles. The maximum Gasteiger partial charge on any atom is 0.320 e. The first-order valence-electron chi connectivity index (χ1n) is 7.92. The minimum atomic E-state index is -0.355. The Morgan fingerprint density at radius 2 is 2.12 bits per heavy atom. The minimum Gasteiger partial charge on any atom is -0.334 e. The molecule has 8 nitrogen and oxygen atoms in total. The maximum atomic E-state index is 11.7. The highest BCUT2D eigenvalue weighted by atomic mass is 16.2. The van der Waals surface area contributed by atoms with Crippen molar-refractivity contribution in [3.8, 4) is 11.4 Å². The van der Waals surface area contributed by atoms with Crippen molar-refractivity contribution in [1.82, 2.24) is 30.0 Å². The summed E-state index contributed by atoms with van der Waals surface area (Å²) in [5, 5.41) is 9.76. The number of fused-ring (bicyclic) bond motifs is 1. The highest BCUT2D eigenvalue weighted by Crippen LogP contribution is 2.18. The molecular weight excluding hydrogens is 318 g/mol. The Labute approximate surface area is 145 Å². The quantitative estimate of drug-likeness (QED) is 0.698. The van der Waals surface area contributed by atoms with Crippen molar-refractivity contribution in [3.05, 3.63) is 43.2 Å². The van der Waals surface area contributed by atoms with Gasteiger partial charge in [-0.3, -0.25) is 15.0 Å². The van der Waals surface area contributed by atoms with Crippen molar-refractivity contribution in [2.75, 3.05) is 11.9 Å². The van der Waals surface area contributed by atoms with E-state index in [1.54, 1.807) is 24.4 Å². The molecule has 0 bridgehead atoms. The van der Waals surface area contributed by atoms with Crippen LogP contribution in [-0.4, -0.2) is 37.3 Å². The van der Waals surface area contributed by atoms with E-state index in [1.807, 2.05) is 16.9 Å². The van der Waals surface area contributed by atoms with Gasteiger partial charge in [0.05, 0.1) is 6.20 Å². The van der Waals surface area contributed by atoms with E-state index < -0.39 is 0 Å². The lowest BCUT2D eigenvalue weighted by atomic mass is 10.3. The second-order valence-corrected chi connectivity index (χ2v) is 5.69. The summed E-state index contributed by atoms with van der Waals surface area (Å²) in [6, 6.07) is 5.24. The number of hydrogen-bond acceptors (Lipinski definition) is 5. The molecule has 0 fully saturated rings. The molecule has 0 aliphatic heterocycles. The monoisotopic (exact) mass is 337 g/mol. The van der Waals surface area contributed by atoms with Gasteiger partial charge in [-0.2, -0.15) is 5.10 Å². The Balaban J connectivity index is 1.87. The summed E-state index contributed by atoms with van der Waals surface area (Å²) in [5.74, 6) is 0.397. The van der Waals surface area contributed by atoms with Crippen LogP contribution in [-0.2, 0) is 0 Å². The zero-order valence-electron chi connectivity index (χ0n) is 14.1. The largest absolute Gasteiger partial charge is 0.334 e. The SMILES string of the molecule is C=CCNC(=O)Nc1ccc2ncc(-c3ccn(C(C)C)n3)nc2n1. The van der Waals surface area contributed by atoms with Gasteiger partial charge in [0.15, 0.2) is 5.65 Å². The van der Waals surface area contributed by atoms with E-state index in [9.17, 15) is 4.79 Å². The summed E-state index contributed by atoms with van der Waals surface area (Å²) in [6.07, 6.45) is 5.17. The van der Waals surface area contributed by atoms with Crippen molar-refractivity contribution in [2.45, 2.75) is 19.9 Å². The van der Waals surface area contributed by atoms with Crippen molar-refractivity contribution >= 4 is 23.0 Å². The predicted octanol–water partition coefficient (Wildman–Crippen LogP) is 2.78. The lowest BCUT2D eigenvalue weighted by Crippen LogP contribution is -2.28. The van der Waals surface area contributed by atoms with Crippen LogP contribution in [0.1, 0.15) is 19.9 Å². The van der Waals surface area contributed by atoms with Crippen LogP contribution in [0.25, 0.3) is 22.6 Å². The van der Waals surface area contributed by atoms with Gasteiger partial charge < -0.3 is 5.32 Å². The number of carbonyl (C=O) groups is 1. The van der Waals surface area contributed by atoms with Crippen LogP contribution in [0.5, 0.6) is 0 Å². The van der Waals surface area contributed by atoms with Gasteiger partial charge in [0.2, 0.25) is 0 Å². The number of aromatic nitrogens is 5. The lowest BCUT2D eigenvalue weighted by molar-refractivity contribution is 0.253. The number of hydrogen-bond donors (Lipinski definition) is 2. The predicted molar refractivity (Wildman–Crippen MR) is 96.2 cm³/mol. The molecule has 0 aromatic carbocycles. The van der Waals surface area contributed by atoms with Crippen LogP contribution < -0.4 is 10.6 Å². The van der Waals surface area contributed by atoms with Gasteiger partial charge in [0.1, 0.15) is 22.7 Å². The number of urea groups is 1. The number of nitrogens with one attached hydrogen (secondary N) is 2. The Bertz CT molecular complexity index is 916. The Hall–Kier alpha value is -3.29. The van der Waals surface area contributed by atoms with Crippen molar-refractivity contribution in [2.24, 2.45) is 0 Å². The summed E-state index contributed by atoms with van der Waals surface area (Å²) in [7, 11) is 0. The molecule has 2 N–H and O–H groups in total. The second kappa shape index (κ2) is 7.08.